The third kappa shape index (κ3) is 4.42. The second-order valence-electron chi connectivity index (χ2n) is 7.67. The van der Waals surface area contributed by atoms with Gasteiger partial charge in [-0.3, -0.25) is 14.4 Å². The van der Waals surface area contributed by atoms with Crippen LogP contribution in [0.1, 0.15) is 28.8 Å². The number of carbonyl (C=O) groups is 3. The van der Waals surface area contributed by atoms with Crippen molar-refractivity contribution in [2.24, 2.45) is 11.8 Å². The molecule has 3 amide bonds. The van der Waals surface area contributed by atoms with E-state index >= 15 is 0 Å². The summed E-state index contributed by atoms with van der Waals surface area (Å²) in [6, 6.07) is 13.5. The number of amides is 3. The maximum atomic E-state index is 13.5. The fourth-order valence-corrected chi connectivity index (χ4v) is 5.67. The van der Waals surface area contributed by atoms with Crippen LogP contribution in [0.25, 0.3) is 0 Å². The highest BCUT2D eigenvalue weighted by Crippen LogP contribution is 2.44. The van der Waals surface area contributed by atoms with Crippen LogP contribution in [0.3, 0.4) is 0 Å². The molecule has 31 heavy (non-hydrogen) atoms. The summed E-state index contributed by atoms with van der Waals surface area (Å²) in [4.78, 5) is 40.3. The number of fused-ring (bicyclic) bond motifs is 1. The molecule has 4 rings (SSSR count). The zero-order valence-electron chi connectivity index (χ0n) is 16.2. The van der Waals surface area contributed by atoms with Gasteiger partial charge in [0.05, 0.1) is 29.0 Å². The zero-order valence-corrected chi connectivity index (χ0v) is 20.9. The van der Waals surface area contributed by atoms with E-state index in [0.717, 1.165) is 10.6 Å². The number of hydrazine groups is 1. The van der Waals surface area contributed by atoms with E-state index in [2.05, 4.69) is 31.9 Å². The summed E-state index contributed by atoms with van der Waals surface area (Å²) in [5.74, 6) is -2.14. The second kappa shape index (κ2) is 9.22. The molecule has 1 aliphatic heterocycles. The van der Waals surface area contributed by atoms with Crippen molar-refractivity contribution in [3.63, 3.8) is 0 Å². The van der Waals surface area contributed by atoms with Crippen LogP contribution >= 0.6 is 55.1 Å². The molecule has 1 aliphatic carbocycles. The Bertz CT molecular complexity index is 1010. The molecular formula is C22H18Br2Cl2N2O3. The number of alkyl halides is 2. The van der Waals surface area contributed by atoms with Gasteiger partial charge in [0.2, 0.25) is 0 Å². The molecule has 2 aromatic carbocycles. The summed E-state index contributed by atoms with van der Waals surface area (Å²) < 4.78 is 0. The molecule has 162 valence electrons. The number of imide groups is 1. The first-order chi connectivity index (χ1) is 14.8. The Morgan fingerprint density at radius 2 is 1.48 bits per heavy atom. The van der Waals surface area contributed by atoms with Crippen LogP contribution in [0.15, 0.2) is 48.5 Å². The van der Waals surface area contributed by atoms with Gasteiger partial charge in [0.1, 0.15) is 0 Å². The first-order valence-electron chi connectivity index (χ1n) is 9.74. The third-order valence-electron chi connectivity index (χ3n) is 5.71. The van der Waals surface area contributed by atoms with Crippen LogP contribution in [0.4, 0.5) is 0 Å². The molecule has 0 unspecified atom stereocenters. The van der Waals surface area contributed by atoms with Gasteiger partial charge < -0.3 is 0 Å². The summed E-state index contributed by atoms with van der Waals surface area (Å²) in [7, 11) is 0. The lowest BCUT2D eigenvalue weighted by Gasteiger charge is -2.31. The zero-order chi connectivity index (χ0) is 22.3. The molecule has 0 aromatic heterocycles. The number of nitrogens with zero attached hydrogens (tertiary/aromatic N) is 2. The van der Waals surface area contributed by atoms with Crippen LogP contribution in [0.2, 0.25) is 10.0 Å². The minimum Gasteiger partial charge on any atom is -0.272 e. The van der Waals surface area contributed by atoms with E-state index in [0.29, 0.717) is 17.9 Å². The molecule has 1 saturated heterocycles. The quantitative estimate of drug-likeness (QED) is 0.351. The van der Waals surface area contributed by atoms with Gasteiger partial charge in [0.15, 0.2) is 0 Å². The molecule has 5 nitrogen and oxygen atoms in total. The lowest BCUT2D eigenvalue weighted by molar-refractivity contribution is -0.155. The minimum absolute atomic E-state index is 0.0353. The molecular weight excluding hydrogens is 571 g/mol. The van der Waals surface area contributed by atoms with Crippen molar-refractivity contribution < 1.29 is 14.4 Å². The van der Waals surface area contributed by atoms with E-state index in [1.807, 2.05) is 0 Å². The van der Waals surface area contributed by atoms with Crippen molar-refractivity contribution in [1.82, 2.24) is 10.0 Å². The van der Waals surface area contributed by atoms with Crippen molar-refractivity contribution in [2.75, 3.05) is 0 Å². The summed E-state index contributed by atoms with van der Waals surface area (Å²) in [6.45, 7) is 0.0353. The highest BCUT2D eigenvalue weighted by molar-refractivity contribution is 9.12. The van der Waals surface area contributed by atoms with E-state index < -0.39 is 17.7 Å². The fourth-order valence-electron chi connectivity index (χ4n) is 4.09. The molecule has 0 bridgehead atoms. The third-order valence-corrected chi connectivity index (χ3v) is 9.03. The van der Waals surface area contributed by atoms with Crippen molar-refractivity contribution in [2.45, 2.75) is 29.0 Å². The molecule has 0 N–H and O–H groups in total. The molecule has 2 aliphatic rings. The van der Waals surface area contributed by atoms with Crippen molar-refractivity contribution in [3.05, 3.63) is 69.7 Å². The normalized spacial score (nSPS) is 25.5. The Kier molecular flexibility index (Phi) is 6.77. The summed E-state index contributed by atoms with van der Waals surface area (Å²) >= 11 is 19.4. The molecule has 2 fully saturated rings. The molecule has 2 aromatic rings. The lowest BCUT2D eigenvalue weighted by atomic mass is 9.81. The van der Waals surface area contributed by atoms with E-state index in [4.69, 9.17) is 23.2 Å². The first kappa shape index (κ1) is 22.8. The first-order valence-corrected chi connectivity index (χ1v) is 12.3. The number of hydrogen-bond acceptors (Lipinski definition) is 3. The fraction of sp³-hybridized carbons (Fsp3) is 0.318. The Morgan fingerprint density at radius 3 is 2.03 bits per heavy atom. The Labute approximate surface area is 206 Å². The average Bonchev–Trinajstić information content (AvgIpc) is 2.98. The monoisotopic (exact) mass is 586 g/mol. The molecule has 9 heteroatoms. The second-order valence-corrected chi connectivity index (χ2v) is 10.9. The SMILES string of the molecule is O=C(c1ccccc1Cl)N(Cc1ccc(Cl)cc1)N1C(=O)[C@@H]2C[C@@H](Br)[C@@H](Br)C[C@H]2C1=O. The minimum atomic E-state index is -0.508. The van der Waals surface area contributed by atoms with Gasteiger partial charge in [0, 0.05) is 14.7 Å². The van der Waals surface area contributed by atoms with Crippen LogP contribution in [0, 0.1) is 11.8 Å². The van der Waals surface area contributed by atoms with Crippen LogP contribution in [0.5, 0.6) is 0 Å². The van der Waals surface area contributed by atoms with Crippen LogP contribution < -0.4 is 0 Å². The van der Waals surface area contributed by atoms with Gasteiger partial charge in [-0.15, -0.1) is 0 Å². The molecule has 0 radical (unpaired) electrons. The number of benzene rings is 2. The van der Waals surface area contributed by atoms with E-state index in [1.54, 1.807) is 48.5 Å². The molecule has 1 saturated carbocycles. The van der Waals surface area contributed by atoms with Gasteiger partial charge in [-0.1, -0.05) is 79.3 Å². The maximum Gasteiger partial charge on any atom is 0.274 e. The Morgan fingerprint density at radius 1 is 0.935 bits per heavy atom. The van der Waals surface area contributed by atoms with Crippen molar-refractivity contribution in [1.29, 1.82) is 0 Å². The van der Waals surface area contributed by atoms with E-state index in [9.17, 15) is 14.4 Å². The summed E-state index contributed by atoms with van der Waals surface area (Å²) in [5, 5.41) is 3.05. The number of rotatable bonds is 4. The highest BCUT2D eigenvalue weighted by Gasteiger charge is 2.54. The van der Waals surface area contributed by atoms with Crippen molar-refractivity contribution >= 4 is 72.8 Å². The highest BCUT2D eigenvalue weighted by atomic mass is 79.9. The summed E-state index contributed by atoms with van der Waals surface area (Å²) in [6.07, 6.45) is 1.05. The van der Waals surface area contributed by atoms with Crippen LogP contribution in [-0.2, 0) is 16.1 Å². The van der Waals surface area contributed by atoms with Gasteiger partial charge in [-0.2, -0.15) is 5.01 Å². The molecule has 0 spiro atoms. The molecule has 4 atom stereocenters. The Hall–Kier alpha value is -1.41. The Balaban J connectivity index is 1.72. The van der Waals surface area contributed by atoms with Gasteiger partial charge in [-0.25, -0.2) is 5.01 Å². The number of hydrogen-bond donors (Lipinski definition) is 0. The van der Waals surface area contributed by atoms with Crippen LogP contribution in [-0.4, -0.2) is 37.4 Å². The largest absolute Gasteiger partial charge is 0.274 e. The predicted molar refractivity (Wildman–Crippen MR) is 126 cm³/mol. The molecule has 1 heterocycles. The predicted octanol–water partition coefficient (Wildman–Crippen LogP) is 5.47. The van der Waals surface area contributed by atoms with Crippen molar-refractivity contribution in [3.8, 4) is 0 Å². The maximum absolute atomic E-state index is 13.5. The van der Waals surface area contributed by atoms with Gasteiger partial charge in [0.25, 0.3) is 17.7 Å². The number of carbonyl (C=O) groups excluding carboxylic acids is 3. The lowest BCUT2D eigenvalue weighted by Crippen LogP contribution is -2.49. The van der Waals surface area contributed by atoms with Gasteiger partial charge in [-0.05, 0) is 42.7 Å². The smallest absolute Gasteiger partial charge is 0.272 e. The standard InChI is InChI=1S/C22H18Br2Cl2N2O3/c23-17-9-15-16(10-18(17)24)22(31)28(21(15)30)27(11-12-5-7-13(25)8-6-12)20(29)14-3-1-2-4-19(14)26/h1-8,15-18H,9-11H2/t15-,16-,17-,18+/m1/s1. The topological polar surface area (TPSA) is 57.7 Å². The van der Waals surface area contributed by atoms with E-state index in [1.165, 1.54) is 5.01 Å². The average molecular weight is 589 g/mol. The van der Waals surface area contributed by atoms with E-state index in [-0.39, 0.29) is 38.6 Å². The van der Waals surface area contributed by atoms with Gasteiger partial charge >= 0.3 is 0 Å². The number of halogens is 4. The summed E-state index contributed by atoms with van der Waals surface area (Å²) in [5.41, 5.74) is 0.961.